The standard InChI is InChI=1S/C13H16N2O4/c1-13(2,11(16)17)7-15(3)8-4-5-9-10(6-8)19-12(18)14-9/h4-6H,7H2,1-3H3,(H,14,18)(H,16,17). The van der Waals surface area contributed by atoms with Gasteiger partial charge in [-0.05, 0) is 26.0 Å². The SMILES string of the molecule is CN(CC(C)(C)C(=O)O)c1ccc2[nH]c(=O)oc2c1. The first-order valence-corrected chi connectivity index (χ1v) is 5.87. The minimum absolute atomic E-state index is 0.350. The fraction of sp³-hybridized carbons (Fsp3) is 0.385. The third-order valence-corrected chi connectivity index (χ3v) is 3.06. The number of carboxylic acids is 1. The van der Waals surface area contributed by atoms with Gasteiger partial charge in [-0.1, -0.05) is 0 Å². The lowest BCUT2D eigenvalue weighted by Gasteiger charge is -2.28. The van der Waals surface area contributed by atoms with Crippen molar-refractivity contribution in [2.24, 2.45) is 5.41 Å². The van der Waals surface area contributed by atoms with Crippen LogP contribution in [0.4, 0.5) is 5.69 Å². The Labute approximate surface area is 109 Å². The number of nitrogens with one attached hydrogen (secondary N) is 1. The van der Waals surface area contributed by atoms with Crippen LogP contribution in [0.5, 0.6) is 0 Å². The molecule has 0 bridgehead atoms. The van der Waals surface area contributed by atoms with Gasteiger partial charge < -0.3 is 14.4 Å². The Hall–Kier alpha value is -2.24. The summed E-state index contributed by atoms with van der Waals surface area (Å²) in [5.74, 6) is -1.35. The lowest BCUT2D eigenvalue weighted by molar-refractivity contribution is -0.146. The van der Waals surface area contributed by atoms with Crippen molar-refractivity contribution >= 4 is 22.8 Å². The maximum atomic E-state index is 11.1. The Morgan fingerprint density at radius 2 is 2.16 bits per heavy atom. The number of aromatic nitrogens is 1. The summed E-state index contributed by atoms with van der Waals surface area (Å²) in [6.07, 6.45) is 0. The topological polar surface area (TPSA) is 86.5 Å². The fourth-order valence-electron chi connectivity index (χ4n) is 1.92. The van der Waals surface area contributed by atoms with Crippen molar-refractivity contribution in [3.63, 3.8) is 0 Å². The number of anilines is 1. The van der Waals surface area contributed by atoms with Crippen LogP contribution in [0.2, 0.25) is 0 Å². The second kappa shape index (κ2) is 4.46. The van der Waals surface area contributed by atoms with Gasteiger partial charge in [-0.2, -0.15) is 0 Å². The number of aromatic amines is 1. The van der Waals surface area contributed by atoms with Crippen molar-refractivity contribution in [1.82, 2.24) is 4.98 Å². The number of hydrogen-bond donors (Lipinski definition) is 2. The van der Waals surface area contributed by atoms with Gasteiger partial charge in [0.1, 0.15) is 0 Å². The van der Waals surface area contributed by atoms with Gasteiger partial charge in [0.05, 0.1) is 10.9 Å². The number of fused-ring (bicyclic) bond motifs is 1. The van der Waals surface area contributed by atoms with E-state index in [1.807, 2.05) is 11.0 Å². The second-order valence-corrected chi connectivity index (χ2v) is 5.24. The molecule has 2 aromatic rings. The van der Waals surface area contributed by atoms with Gasteiger partial charge in [0.25, 0.3) is 0 Å². The number of H-pyrrole nitrogens is 1. The summed E-state index contributed by atoms with van der Waals surface area (Å²) in [5, 5.41) is 9.12. The van der Waals surface area contributed by atoms with E-state index in [9.17, 15) is 9.59 Å². The molecule has 19 heavy (non-hydrogen) atoms. The fourth-order valence-corrected chi connectivity index (χ4v) is 1.92. The normalized spacial score (nSPS) is 11.7. The molecular formula is C13H16N2O4. The molecule has 0 saturated carbocycles. The van der Waals surface area contributed by atoms with Crippen molar-refractivity contribution in [2.75, 3.05) is 18.5 Å². The van der Waals surface area contributed by atoms with E-state index in [0.29, 0.717) is 17.6 Å². The van der Waals surface area contributed by atoms with Crippen molar-refractivity contribution < 1.29 is 14.3 Å². The van der Waals surface area contributed by atoms with Crippen LogP contribution >= 0.6 is 0 Å². The van der Waals surface area contributed by atoms with Gasteiger partial charge in [0, 0.05) is 25.3 Å². The van der Waals surface area contributed by atoms with E-state index >= 15 is 0 Å². The van der Waals surface area contributed by atoms with Crippen LogP contribution in [0.25, 0.3) is 11.1 Å². The van der Waals surface area contributed by atoms with Gasteiger partial charge in [0.2, 0.25) is 0 Å². The quantitative estimate of drug-likeness (QED) is 0.877. The number of carbonyl (C=O) groups is 1. The molecule has 0 aliphatic carbocycles. The number of carboxylic acid groups (broad SMARTS) is 1. The van der Waals surface area contributed by atoms with Gasteiger partial charge >= 0.3 is 11.7 Å². The molecule has 0 unspecified atom stereocenters. The van der Waals surface area contributed by atoms with E-state index in [0.717, 1.165) is 5.69 Å². The zero-order valence-corrected chi connectivity index (χ0v) is 11.1. The predicted octanol–water partition coefficient (Wildman–Crippen LogP) is 1.67. The van der Waals surface area contributed by atoms with Crippen LogP contribution in [-0.2, 0) is 4.79 Å². The minimum atomic E-state index is -0.858. The highest BCUT2D eigenvalue weighted by molar-refractivity contribution is 5.78. The van der Waals surface area contributed by atoms with Crippen molar-refractivity contribution in [2.45, 2.75) is 13.8 Å². The van der Waals surface area contributed by atoms with Crippen molar-refractivity contribution in [1.29, 1.82) is 0 Å². The molecule has 0 saturated heterocycles. The first-order chi connectivity index (χ1) is 8.79. The molecule has 6 nitrogen and oxygen atoms in total. The smallest absolute Gasteiger partial charge is 0.417 e. The highest BCUT2D eigenvalue weighted by atomic mass is 16.4. The Balaban J connectivity index is 2.28. The summed E-state index contributed by atoms with van der Waals surface area (Å²) in [7, 11) is 1.80. The molecule has 0 atom stereocenters. The number of oxazole rings is 1. The van der Waals surface area contributed by atoms with Crippen LogP contribution in [0, 0.1) is 5.41 Å². The van der Waals surface area contributed by atoms with E-state index in [1.165, 1.54) is 0 Å². The highest BCUT2D eigenvalue weighted by Crippen LogP contribution is 2.23. The summed E-state index contributed by atoms with van der Waals surface area (Å²) in [6, 6.07) is 5.26. The lowest BCUT2D eigenvalue weighted by Crippen LogP contribution is -2.37. The molecule has 2 N–H and O–H groups in total. The highest BCUT2D eigenvalue weighted by Gasteiger charge is 2.28. The van der Waals surface area contributed by atoms with Crippen LogP contribution in [0.1, 0.15) is 13.8 Å². The third-order valence-electron chi connectivity index (χ3n) is 3.06. The maximum absolute atomic E-state index is 11.1. The zero-order chi connectivity index (χ0) is 14.2. The van der Waals surface area contributed by atoms with E-state index in [4.69, 9.17) is 9.52 Å². The van der Waals surface area contributed by atoms with Gasteiger partial charge in [-0.25, -0.2) is 4.79 Å². The molecular weight excluding hydrogens is 248 g/mol. The number of nitrogens with zero attached hydrogens (tertiary/aromatic N) is 1. The summed E-state index contributed by atoms with van der Waals surface area (Å²) in [5.41, 5.74) is 1.02. The summed E-state index contributed by atoms with van der Waals surface area (Å²) < 4.78 is 4.98. The maximum Gasteiger partial charge on any atom is 0.417 e. The first kappa shape index (κ1) is 13.2. The molecule has 2 rings (SSSR count). The molecule has 0 fully saturated rings. The van der Waals surface area contributed by atoms with Gasteiger partial charge in [-0.3, -0.25) is 9.78 Å². The van der Waals surface area contributed by atoms with Gasteiger partial charge in [-0.15, -0.1) is 0 Å². The molecule has 0 aliphatic heterocycles. The number of hydrogen-bond acceptors (Lipinski definition) is 4. The molecule has 0 amide bonds. The van der Waals surface area contributed by atoms with E-state index in [1.54, 1.807) is 33.0 Å². The van der Waals surface area contributed by atoms with E-state index < -0.39 is 17.1 Å². The number of rotatable bonds is 4. The molecule has 1 aromatic carbocycles. The third kappa shape index (κ3) is 2.62. The van der Waals surface area contributed by atoms with Crippen molar-refractivity contribution in [3.05, 3.63) is 28.7 Å². The van der Waals surface area contributed by atoms with Crippen LogP contribution < -0.4 is 10.7 Å². The Kier molecular flexibility index (Phi) is 3.09. The van der Waals surface area contributed by atoms with Crippen LogP contribution in [0.3, 0.4) is 0 Å². The molecule has 1 aromatic heterocycles. The summed E-state index contributed by atoms with van der Waals surface area (Å²) >= 11 is 0. The van der Waals surface area contributed by atoms with Crippen LogP contribution in [0.15, 0.2) is 27.4 Å². The minimum Gasteiger partial charge on any atom is -0.481 e. The monoisotopic (exact) mass is 264 g/mol. The average molecular weight is 264 g/mol. The molecule has 0 radical (unpaired) electrons. The van der Waals surface area contributed by atoms with E-state index in [2.05, 4.69) is 4.98 Å². The Morgan fingerprint density at radius 1 is 1.47 bits per heavy atom. The zero-order valence-electron chi connectivity index (χ0n) is 11.1. The van der Waals surface area contributed by atoms with Crippen molar-refractivity contribution in [3.8, 4) is 0 Å². The molecule has 0 aliphatic rings. The molecule has 0 spiro atoms. The second-order valence-electron chi connectivity index (χ2n) is 5.24. The summed E-state index contributed by atoms with van der Waals surface area (Å²) in [4.78, 5) is 26.6. The Morgan fingerprint density at radius 3 is 2.79 bits per heavy atom. The lowest BCUT2D eigenvalue weighted by atomic mass is 9.93. The number of aliphatic carboxylic acids is 1. The predicted molar refractivity (Wildman–Crippen MR) is 71.5 cm³/mol. The molecule has 6 heteroatoms. The molecule has 102 valence electrons. The molecule has 1 heterocycles. The Bertz CT molecular complexity index is 669. The summed E-state index contributed by atoms with van der Waals surface area (Å²) in [6.45, 7) is 3.68. The van der Waals surface area contributed by atoms with Crippen LogP contribution in [-0.4, -0.2) is 29.7 Å². The average Bonchev–Trinajstić information content (AvgIpc) is 2.66. The van der Waals surface area contributed by atoms with E-state index in [-0.39, 0.29) is 0 Å². The first-order valence-electron chi connectivity index (χ1n) is 5.87. The van der Waals surface area contributed by atoms with Gasteiger partial charge in [0.15, 0.2) is 5.58 Å². The largest absolute Gasteiger partial charge is 0.481 e. The number of benzene rings is 1.